The van der Waals surface area contributed by atoms with Crippen molar-refractivity contribution in [2.24, 2.45) is 0 Å². The molecule has 0 radical (unpaired) electrons. The molecule has 0 aliphatic rings. The third kappa shape index (κ3) is 3.35. The first-order chi connectivity index (χ1) is 9.10. The van der Waals surface area contributed by atoms with Crippen LogP contribution >= 0.6 is 0 Å². The van der Waals surface area contributed by atoms with E-state index in [1.807, 2.05) is 26.0 Å². The van der Waals surface area contributed by atoms with Gasteiger partial charge >= 0.3 is 0 Å². The molecule has 4 heteroatoms. The monoisotopic (exact) mass is 263 g/mol. The number of ether oxygens (including phenoxy) is 1. The van der Waals surface area contributed by atoms with E-state index >= 15 is 0 Å². The molecule has 102 valence electrons. The van der Waals surface area contributed by atoms with Crippen LogP contribution in [0.25, 0.3) is 0 Å². The Kier molecular flexibility index (Phi) is 4.22. The van der Waals surface area contributed by atoms with Gasteiger partial charge in [0.2, 0.25) is 0 Å². The lowest BCUT2D eigenvalue weighted by atomic mass is 10.1. The minimum Gasteiger partial charge on any atom is -0.497 e. The van der Waals surface area contributed by atoms with E-state index in [-0.39, 0.29) is 11.9 Å². The van der Waals surface area contributed by atoms with Gasteiger partial charge in [-0.3, -0.25) is 0 Å². The highest BCUT2D eigenvalue weighted by molar-refractivity contribution is 5.30. The molecule has 0 amide bonds. The lowest BCUT2D eigenvalue weighted by Crippen LogP contribution is -2.18. The van der Waals surface area contributed by atoms with Gasteiger partial charge in [0.25, 0.3) is 0 Å². The molecule has 0 aliphatic carbocycles. The summed E-state index contributed by atoms with van der Waals surface area (Å²) in [6.45, 7) is 4.39. The van der Waals surface area contributed by atoms with Crippen LogP contribution in [0.15, 0.2) is 34.7 Å². The minimum atomic E-state index is -0.269. The maximum atomic E-state index is 13.9. The number of benzene rings is 1. The van der Waals surface area contributed by atoms with Crippen LogP contribution in [0.1, 0.15) is 30.0 Å². The number of methoxy groups -OCH3 is 1. The van der Waals surface area contributed by atoms with E-state index < -0.39 is 0 Å². The second-order valence-corrected chi connectivity index (χ2v) is 4.50. The molecule has 19 heavy (non-hydrogen) atoms. The Morgan fingerprint density at radius 3 is 2.68 bits per heavy atom. The predicted molar refractivity (Wildman–Crippen MR) is 71.7 cm³/mol. The molecule has 1 aromatic heterocycles. The van der Waals surface area contributed by atoms with Crippen molar-refractivity contribution < 1.29 is 13.5 Å². The van der Waals surface area contributed by atoms with Gasteiger partial charge in [0.1, 0.15) is 23.1 Å². The maximum absolute atomic E-state index is 13.9. The number of hydrogen-bond acceptors (Lipinski definition) is 3. The molecule has 0 bridgehead atoms. The Labute approximate surface area is 112 Å². The smallest absolute Gasteiger partial charge is 0.131 e. The average molecular weight is 263 g/mol. The molecule has 2 aromatic rings. The molecule has 0 saturated heterocycles. The number of furan rings is 1. The maximum Gasteiger partial charge on any atom is 0.131 e. The summed E-state index contributed by atoms with van der Waals surface area (Å²) in [6, 6.07) is 8.61. The molecule has 0 fully saturated rings. The second-order valence-electron chi connectivity index (χ2n) is 4.50. The zero-order chi connectivity index (χ0) is 13.8. The lowest BCUT2D eigenvalue weighted by molar-refractivity contribution is 0.408. The van der Waals surface area contributed by atoms with E-state index in [0.717, 1.165) is 11.5 Å². The number of aryl methyl sites for hydroxylation is 1. The third-order valence-electron chi connectivity index (χ3n) is 3.05. The van der Waals surface area contributed by atoms with Crippen molar-refractivity contribution in [2.75, 3.05) is 7.11 Å². The first-order valence-corrected chi connectivity index (χ1v) is 6.22. The number of nitrogens with one attached hydrogen (secondary N) is 1. The fourth-order valence-electron chi connectivity index (χ4n) is 1.93. The largest absolute Gasteiger partial charge is 0.497 e. The molecule has 1 heterocycles. The summed E-state index contributed by atoms with van der Waals surface area (Å²) >= 11 is 0. The Hall–Kier alpha value is -1.81. The molecular weight excluding hydrogens is 245 g/mol. The first kappa shape index (κ1) is 13.6. The third-order valence-corrected chi connectivity index (χ3v) is 3.05. The van der Waals surface area contributed by atoms with E-state index in [2.05, 4.69) is 5.32 Å². The van der Waals surface area contributed by atoms with E-state index in [0.29, 0.717) is 17.9 Å². The normalized spacial score (nSPS) is 12.4. The summed E-state index contributed by atoms with van der Waals surface area (Å²) in [4.78, 5) is 0. The van der Waals surface area contributed by atoms with Crippen LogP contribution in [0.2, 0.25) is 0 Å². The zero-order valence-electron chi connectivity index (χ0n) is 11.4. The molecule has 0 saturated carbocycles. The fourth-order valence-corrected chi connectivity index (χ4v) is 1.93. The summed E-state index contributed by atoms with van der Waals surface area (Å²) in [7, 11) is 1.52. The van der Waals surface area contributed by atoms with Gasteiger partial charge in [-0.05, 0) is 32.0 Å². The van der Waals surface area contributed by atoms with Crippen LogP contribution < -0.4 is 10.1 Å². The van der Waals surface area contributed by atoms with Crippen molar-refractivity contribution in [1.29, 1.82) is 0 Å². The van der Waals surface area contributed by atoms with Gasteiger partial charge in [-0.25, -0.2) is 4.39 Å². The molecule has 1 N–H and O–H groups in total. The van der Waals surface area contributed by atoms with Crippen LogP contribution in [0.3, 0.4) is 0 Å². The van der Waals surface area contributed by atoms with E-state index in [1.54, 1.807) is 12.1 Å². The Balaban J connectivity index is 2.01. The molecule has 1 unspecified atom stereocenters. The molecule has 3 nitrogen and oxygen atoms in total. The Morgan fingerprint density at radius 1 is 1.32 bits per heavy atom. The highest BCUT2D eigenvalue weighted by Crippen LogP contribution is 2.22. The summed E-state index contributed by atoms with van der Waals surface area (Å²) in [6.07, 6.45) is 0. The summed E-state index contributed by atoms with van der Waals surface area (Å²) in [5.41, 5.74) is 0.615. The van der Waals surface area contributed by atoms with Gasteiger partial charge in [0.15, 0.2) is 0 Å². The number of rotatable bonds is 5. The molecule has 1 aromatic carbocycles. The quantitative estimate of drug-likeness (QED) is 0.895. The van der Waals surface area contributed by atoms with Gasteiger partial charge < -0.3 is 14.5 Å². The average Bonchev–Trinajstić information content (AvgIpc) is 2.81. The number of halogens is 1. The summed E-state index contributed by atoms with van der Waals surface area (Å²) in [5, 5.41) is 3.23. The zero-order valence-corrected chi connectivity index (χ0v) is 11.4. The van der Waals surface area contributed by atoms with E-state index in [9.17, 15) is 4.39 Å². The van der Waals surface area contributed by atoms with Crippen molar-refractivity contribution in [1.82, 2.24) is 5.32 Å². The standard InChI is InChI=1S/C15H18FNO2/c1-10-4-5-13(19-10)9-17-11(2)14-7-6-12(18-3)8-15(14)16/h4-8,11,17H,9H2,1-3H3. The van der Waals surface area contributed by atoms with Crippen molar-refractivity contribution in [3.8, 4) is 5.75 Å². The Bertz CT molecular complexity index is 551. The summed E-state index contributed by atoms with van der Waals surface area (Å²) in [5.74, 6) is 1.98. The summed E-state index contributed by atoms with van der Waals surface area (Å²) < 4.78 is 24.3. The van der Waals surface area contributed by atoms with Crippen molar-refractivity contribution >= 4 is 0 Å². The van der Waals surface area contributed by atoms with E-state index in [1.165, 1.54) is 13.2 Å². The van der Waals surface area contributed by atoms with Gasteiger partial charge in [-0.2, -0.15) is 0 Å². The second kappa shape index (κ2) is 5.89. The highest BCUT2D eigenvalue weighted by Gasteiger charge is 2.12. The van der Waals surface area contributed by atoms with Crippen molar-refractivity contribution in [2.45, 2.75) is 26.4 Å². The predicted octanol–water partition coefficient (Wildman–Crippen LogP) is 3.59. The van der Waals surface area contributed by atoms with Crippen LogP contribution in [-0.2, 0) is 6.54 Å². The molecule has 0 spiro atoms. The fraction of sp³-hybridized carbons (Fsp3) is 0.333. The van der Waals surface area contributed by atoms with Gasteiger partial charge in [-0.15, -0.1) is 0 Å². The van der Waals surface area contributed by atoms with Crippen LogP contribution in [0.5, 0.6) is 5.75 Å². The van der Waals surface area contributed by atoms with Crippen molar-refractivity contribution in [3.63, 3.8) is 0 Å². The lowest BCUT2D eigenvalue weighted by Gasteiger charge is -2.14. The molecular formula is C15H18FNO2. The topological polar surface area (TPSA) is 34.4 Å². The van der Waals surface area contributed by atoms with E-state index in [4.69, 9.17) is 9.15 Å². The van der Waals surface area contributed by atoms with Gasteiger partial charge in [0.05, 0.1) is 13.7 Å². The highest BCUT2D eigenvalue weighted by atomic mass is 19.1. The Morgan fingerprint density at radius 2 is 2.11 bits per heavy atom. The molecule has 0 aliphatic heterocycles. The van der Waals surface area contributed by atoms with Crippen LogP contribution in [-0.4, -0.2) is 7.11 Å². The number of hydrogen-bond donors (Lipinski definition) is 1. The van der Waals surface area contributed by atoms with Crippen molar-refractivity contribution in [3.05, 3.63) is 53.2 Å². The van der Waals surface area contributed by atoms with Crippen LogP contribution in [0.4, 0.5) is 4.39 Å². The molecule has 1 atom stereocenters. The first-order valence-electron chi connectivity index (χ1n) is 6.22. The SMILES string of the molecule is COc1ccc(C(C)NCc2ccc(C)o2)c(F)c1. The van der Waals surface area contributed by atoms with Gasteiger partial charge in [-0.1, -0.05) is 6.07 Å². The minimum absolute atomic E-state index is 0.101. The molecule has 2 rings (SSSR count). The van der Waals surface area contributed by atoms with Gasteiger partial charge in [0, 0.05) is 17.7 Å². The van der Waals surface area contributed by atoms with Crippen LogP contribution in [0, 0.1) is 12.7 Å².